The molecule has 3 nitrogen and oxygen atoms in total. The minimum Gasteiger partial charge on any atom is -0.432 e. The Morgan fingerprint density at radius 3 is 2.07 bits per heavy atom. The summed E-state index contributed by atoms with van der Waals surface area (Å²) in [7, 11) is 3.12. The van der Waals surface area contributed by atoms with Gasteiger partial charge in [0.2, 0.25) is 0 Å². The quantitative estimate of drug-likeness (QED) is 0.416. The van der Waals surface area contributed by atoms with Crippen LogP contribution in [0.4, 0.5) is 4.79 Å². The molecular weight excluding hydrogens is 220 g/mol. The molecule has 5 heteroatoms. The third kappa shape index (κ3) is 6.43. The lowest BCUT2D eigenvalue weighted by molar-refractivity contribution is 0.0196. The Labute approximate surface area is 93.7 Å². The molecule has 0 aromatic heterocycles. The lowest BCUT2D eigenvalue weighted by Gasteiger charge is -2.19. The molecule has 0 rings (SSSR count). The van der Waals surface area contributed by atoms with Crippen LogP contribution in [0.3, 0.4) is 0 Å². The van der Waals surface area contributed by atoms with Gasteiger partial charge in [-0.05, 0) is 30.9 Å². The number of hydrogen-bond donors (Lipinski definition) is 0. The highest BCUT2D eigenvalue weighted by Crippen LogP contribution is 2.30. The zero-order chi connectivity index (χ0) is 11.1. The molecule has 0 aromatic carbocycles. The van der Waals surface area contributed by atoms with Gasteiger partial charge in [0.25, 0.3) is 0 Å². The molecule has 0 fully saturated rings. The molecule has 0 unspecified atom stereocenters. The zero-order valence-electron chi connectivity index (χ0n) is 9.27. The monoisotopic (exact) mass is 238 g/mol. The maximum absolute atomic E-state index is 11.2. The summed E-state index contributed by atoms with van der Waals surface area (Å²) >= 11 is 0. The molecule has 0 bridgehead atoms. The topological polar surface area (TPSA) is 35.5 Å². The molecule has 0 N–H and O–H groups in total. The Morgan fingerprint density at radius 2 is 1.71 bits per heavy atom. The largest absolute Gasteiger partial charge is 0.509 e. The summed E-state index contributed by atoms with van der Waals surface area (Å²) in [4.78, 5) is 11.2. The minimum absolute atomic E-state index is 0.130. The van der Waals surface area contributed by atoms with Crippen molar-refractivity contribution in [3.8, 4) is 0 Å². The van der Waals surface area contributed by atoms with Crippen molar-refractivity contribution < 1.29 is 14.3 Å². The second-order valence-corrected chi connectivity index (χ2v) is 5.98. The number of carbonyl (C=O) groups excluding carboxylic acids is 1. The van der Waals surface area contributed by atoms with Gasteiger partial charge in [-0.2, -0.15) is 0 Å². The van der Waals surface area contributed by atoms with Crippen molar-refractivity contribution in [3.05, 3.63) is 0 Å². The fourth-order valence-electron chi connectivity index (χ4n) is 0.677. The van der Waals surface area contributed by atoms with E-state index in [-0.39, 0.29) is 17.5 Å². The Bertz CT molecular complexity index is 171. The fourth-order valence-corrected chi connectivity index (χ4v) is 2.56. The van der Waals surface area contributed by atoms with E-state index in [4.69, 9.17) is 9.47 Å². The van der Waals surface area contributed by atoms with Crippen molar-refractivity contribution in [1.82, 2.24) is 0 Å². The van der Waals surface area contributed by atoms with Crippen LogP contribution in [0.2, 0.25) is 0 Å². The van der Waals surface area contributed by atoms with Crippen molar-refractivity contribution in [2.45, 2.75) is 39.2 Å². The normalized spacial score (nSPS) is 13.1. The van der Waals surface area contributed by atoms with Gasteiger partial charge in [-0.15, -0.1) is 0 Å². The lowest BCUT2D eigenvalue weighted by Crippen LogP contribution is -2.22. The maximum atomic E-state index is 11.2. The van der Waals surface area contributed by atoms with Crippen LogP contribution in [0.15, 0.2) is 0 Å². The molecule has 0 amide bonds. The Balaban J connectivity index is 3.96. The molecule has 1 atom stereocenters. The van der Waals surface area contributed by atoms with Crippen molar-refractivity contribution in [3.63, 3.8) is 0 Å². The summed E-state index contributed by atoms with van der Waals surface area (Å²) < 4.78 is 10.0. The second kappa shape index (κ2) is 7.29. The van der Waals surface area contributed by atoms with Gasteiger partial charge in [0.15, 0.2) is 5.44 Å². The first-order valence-corrected chi connectivity index (χ1v) is 7.16. The molecule has 0 heterocycles. The summed E-state index contributed by atoms with van der Waals surface area (Å²) in [6.07, 6.45) is 1.24. The SMILES string of the molecule is CSS[C@H](OC(=O)OC(C)C)C(C)C. The predicted molar refractivity (Wildman–Crippen MR) is 62.4 cm³/mol. The van der Waals surface area contributed by atoms with Crippen molar-refractivity contribution >= 4 is 27.7 Å². The summed E-state index contributed by atoms with van der Waals surface area (Å²) in [5.74, 6) is 0.284. The number of carbonyl (C=O) groups is 1. The van der Waals surface area contributed by atoms with E-state index in [1.54, 1.807) is 24.6 Å². The fraction of sp³-hybridized carbons (Fsp3) is 0.889. The Kier molecular flexibility index (Phi) is 7.27. The van der Waals surface area contributed by atoms with Crippen molar-refractivity contribution in [2.75, 3.05) is 6.26 Å². The lowest BCUT2D eigenvalue weighted by atomic mass is 10.2. The molecule has 84 valence electrons. The Hall–Kier alpha value is -0.0300. The minimum atomic E-state index is -0.583. The average molecular weight is 238 g/mol. The van der Waals surface area contributed by atoms with Crippen LogP contribution in [-0.4, -0.2) is 24.0 Å². The standard InChI is InChI=1S/C9H18O3S2/c1-6(2)8(14-13-5)12-9(10)11-7(3)4/h6-8H,1-5H3/t8-/m0/s1. The van der Waals surface area contributed by atoms with Gasteiger partial charge in [-0.3, -0.25) is 0 Å². The highest BCUT2D eigenvalue weighted by molar-refractivity contribution is 8.76. The van der Waals surface area contributed by atoms with Crippen LogP contribution in [0.5, 0.6) is 0 Å². The first kappa shape index (κ1) is 14.0. The molecular formula is C9H18O3S2. The second-order valence-electron chi connectivity index (χ2n) is 3.41. The zero-order valence-corrected chi connectivity index (χ0v) is 10.9. The van der Waals surface area contributed by atoms with E-state index in [1.165, 1.54) is 10.8 Å². The average Bonchev–Trinajstić information content (AvgIpc) is 2.01. The molecule has 14 heavy (non-hydrogen) atoms. The molecule has 0 saturated heterocycles. The number of ether oxygens (including phenoxy) is 2. The van der Waals surface area contributed by atoms with Gasteiger partial charge < -0.3 is 9.47 Å². The number of rotatable bonds is 5. The van der Waals surface area contributed by atoms with Gasteiger partial charge >= 0.3 is 6.16 Å². The molecule has 0 aliphatic rings. The van der Waals surface area contributed by atoms with Gasteiger partial charge in [0.05, 0.1) is 6.10 Å². The van der Waals surface area contributed by atoms with E-state index in [0.717, 1.165) is 0 Å². The first-order valence-electron chi connectivity index (χ1n) is 4.54. The van der Waals surface area contributed by atoms with E-state index in [9.17, 15) is 4.79 Å². The molecule has 0 radical (unpaired) electrons. The summed E-state index contributed by atoms with van der Waals surface area (Å²) in [5.41, 5.74) is -0.142. The smallest absolute Gasteiger partial charge is 0.432 e. The number of hydrogen-bond acceptors (Lipinski definition) is 5. The van der Waals surface area contributed by atoms with E-state index < -0.39 is 6.16 Å². The van der Waals surface area contributed by atoms with E-state index in [1.807, 2.05) is 20.1 Å². The predicted octanol–water partition coefficient (Wildman–Crippen LogP) is 3.54. The summed E-state index contributed by atoms with van der Waals surface area (Å²) in [5, 5.41) is 0. The van der Waals surface area contributed by atoms with Gasteiger partial charge in [-0.1, -0.05) is 24.6 Å². The van der Waals surface area contributed by atoms with Gasteiger partial charge in [0.1, 0.15) is 0 Å². The molecule has 0 saturated carbocycles. The van der Waals surface area contributed by atoms with Gasteiger partial charge in [-0.25, -0.2) is 4.79 Å². The third-order valence-corrected chi connectivity index (χ3v) is 3.45. The van der Waals surface area contributed by atoms with Crippen LogP contribution in [-0.2, 0) is 9.47 Å². The summed E-state index contributed by atoms with van der Waals surface area (Å²) in [6.45, 7) is 7.62. The summed E-state index contributed by atoms with van der Waals surface area (Å²) in [6, 6.07) is 0. The van der Waals surface area contributed by atoms with Gasteiger partial charge in [0, 0.05) is 5.92 Å². The van der Waals surface area contributed by atoms with Crippen molar-refractivity contribution in [1.29, 1.82) is 0 Å². The van der Waals surface area contributed by atoms with Crippen LogP contribution in [0.1, 0.15) is 27.7 Å². The van der Waals surface area contributed by atoms with Crippen LogP contribution >= 0.6 is 21.6 Å². The van der Waals surface area contributed by atoms with E-state index in [2.05, 4.69) is 0 Å². The molecule has 0 aliphatic heterocycles. The maximum Gasteiger partial charge on any atom is 0.509 e. The van der Waals surface area contributed by atoms with Crippen molar-refractivity contribution in [2.24, 2.45) is 5.92 Å². The van der Waals surface area contributed by atoms with Crippen LogP contribution in [0, 0.1) is 5.92 Å². The molecule has 0 aromatic rings. The van der Waals surface area contributed by atoms with Crippen LogP contribution < -0.4 is 0 Å². The third-order valence-electron chi connectivity index (χ3n) is 1.28. The first-order chi connectivity index (χ1) is 6.47. The van der Waals surface area contributed by atoms with E-state index in [0.29, 0.717) is 0 Å². The highest BCUT2D eigenvalue weighted by atomic mass is 33.1. The van der Waals surface area contributed by atoms with Crippen LogP contribution in [0.25, 0.3) is 0 Å². The van der Waals surface area contributed by atoms with E-state index >= 15 is 0 Å². The molecule has 0 aliphatic carbocycles. The highest BCUT2D eigenvalue weighted by Gasteiger charge is 2.20. The molecule has 0 spiro atoms. The Morgan fingerprint density at radius 1 is 1.14 bits per heavy atom.